The summed E-state index contributed by atoms with van der Waals surface area (Å²) >= 11 is 1.01. The fourth-order valence-corrected chi connectivity index (χ4v) is 5.75. The van der Waals surface area contributed by atoms with E-state index in [0.717, 1.165) is 40.0 Å². The molecule has 2 aromatic carbocycles. The SMILES string of the molecule is CC1(C(=O)O)CCCC1NC(=O)c1cnc(NC(=O)OCC2c3ccccc3-c3ccccc32)s1. The zero-order chi connectivity index (χ0) is 24.6. The average molecular weight is 492 g/mol. The number of thiazole rings is 1. The van der Waals surface area contributed by atoms with Gasteiger partial charge in [0.2, 0.25) is 0 Å². The Labute approximate surface area is 206 Å². The van der Waals surface area contributed by atoms with Crippen molar-refractivity contribution in [3.63, 3.8) is 0 Å². The van der Waals surface area contributed by atoms with Crippen LogP contribution >= 0.6 is 11.3 Å². The second-order valence-electron chi connectivity index (χ2n) is 9.12. The number of aliphatic carboxylic acids is 1. The van der Waals surface area contributed by atoms with Crippen molar-refractivity contribution in [3.8, 4) is 11.1 Å². The predicted octanol–water partition coefficient (Wildman–Crippen LogP) is 4.88. The van der Waals surface area contributed by atoms with E-state index in [2.05, 4.69) is 27.8 Å². The Bertz CT molecular complexity index is 1260. The zero-order valence-electron chi connectivity index (χ0n) is 19.1. The first-order valence-electron chi connectivity index (χ1n) is 11.5. The molecule has 3 N–H and O–H groups in total. The number of fused-ring (bicyclic) bond motifs is 3. The Morgan fingerprint density at radius 2 is 1.77 bits per heavy atom. The van der Waals surface area contributed by atoms with E-state index in [1.807, 2.05) is 36.4 Å². The van der Waals surface area contributed by atoms with Gasteiger partial charge in [-0.1, -0.05) is 66.3 Å². The van der Waals surface area contributed by atoms with E-state index in [-0.39, 0.29) is 17.7 Å². The summed E-state index contributed by atoms with van der Waals surface area (Å²) in [6.45, 7) is 1.83. The number of ether oxygens (including phenoxy) is 1. The number of anilines is 1. The van der Waals surface area contributed by atoms with Gasteiger partial charge < -0.3 is 15.2 Å². The minimum atomic E-state index is -0.983. The third-order valence-electron chi connectivity index (χ3n) is 7.03. The Morgan fingerprint density at radius 1 is 1.11 bits per heavy atom. The van der Waals surface area contributed by atoms with E-state index < -0.39 is 29.4 Å². The lowest BCUT2D eigenvalue weighted by molar-refractivity contribution is -0.148. The fourth-order valence-electron chi connectivity index (χ4n) is 5.04. The Hall–Kier alpha value is -3.72. The molecular formula is C26H25N3O5S. The summed E-state index contributed by atoms with van der Waals surface area (Å²) in [6, 6.07) is 15.7. The van der Waals surface area contributed by atoms with Gasteiger partial charge in [0.1, 0.15) is 11.5 Å². The minimum absolute atomic E-state index is 0.0549. The van der Waals surface area contributed by atoms with Crippen LogP contribution in [0.5, 0.6) is 0 Å². The van der Waals surface area contributed by atoms with E-state index >= 15 is 0 Å². The topological polar surface area (TPSA) is 118 Å². The summed E-state index contributed by atoms with van der Waals surface area (Å²) < 4.78 is 5.53. The lowest BCUT2D eigenvalue weighted by atomic mass is 9.85. The summed E-state index contributed by atoms with van der Waals surface area (Å²) in [5, 5.41) is 15.2. The molecule has 0 aliphatic heterocycles. The van der Waals surface area contributed by atoms with Crippen molar-refractivity contribution in [1.82, 2.24) is 10.3 Å². The minimum Gasteiger partial charge on any atom is -0.481 e. The summed E-state index contributed by atoms with van der Waals surface area (Å²) in [5.41, 5.74) is 3.55. The molecule has 2 atom stereocenters. The normalized spacial score (nSPS) is 20.7. The smallest absolute Gasteiger partial charge is 0.413 e. The second kappa shape index (κ2) is 9.14. The first kappa shape index (κ1) is 23.0. The molecule has 35 heavy (non-hydrogen) atoms. The van der Waals surface area contributed by atoms with E-state index in [0.29, 0.717) is 17.7 Å². The molecule has 0 bridgehead atoms. The van der Waals surface area contributed by atoms with E-state index in [1.54, 1.807) is 6.92 Å². The van der Waals surface area contributed by atoms with Crippen LogP contribution in [0.15, 0.2) is 54.7 Å². The number of carbonyl (C=O) groups excluding carboxylic acids is 2. The standard InChI is InChI=1S/C26H25N3O5S/c1-26(23(31)32)12-6-11-21(26)28-22(30)20-13-27-24(35-20)29-25(33)34-14-19-17-9-4-2-7-15(17)16-8-3-5-10-18(16)19/h2-5,7-10,13,19,21H,6,11-12,14H2,1H3,(H,28,30)(H,31,32)(H,27,29,33). The van der Waals surface area contributed by atoms with Crippen molar-refractivity contribution in [2.45, 2.75) is 38.1 Å². The Morgan fingerprint density at radius 3 is 2.43 bits per heavy atom. The number of carbonyl (C=O) groups is 3. The number of hydrogen-bond donors (Lipinski definition) is 3. The lowest BCUT2D eigenvalue weighted by Gasteiger charge is -2.27. The van der Waals surface area contributed by atoms with Crippen LogP contribution in [0.4, 0.5) is 9.93 Å². The molecule has 5 rings (SSSR count). The van der Waals surface area contributed by atoms with Gasteiger partial charge in [-0.2, -0.15) is 0 Å². The van der Waals surface area contributed by atoms with Gasteiger partial charge in [0.15, 0.2) is 5.13 Å². The number of nitrogens with one attached hydrogen (secondary N) is 2. The monoisotopic (exact) mass is 491 g/mol. The Kier molecular flexibility index (Phi) is 6.02. The summed E-state index contributed by atoms with van der Waals surface area (Å²) in [7, 11) is 0. The van der Waals surface area contributed by atoms with E-state index in [4.69, 9.17) is 4.74 Å². The highest BCUT2D eigenvalue weighted by atomic mass is 32.1. The molecule has 9 heteroatoms. The lowest BCUT2D eigenvalue weighted by Crippen LogP contribution is -2.46. The highest BCUT2D eigenvalue weighted by molar-refractivity contribution is 7.17. The number of carboxylic acids is 1. The number of aromatic nitrogens is 1. The molecule has 2 aliphatic rings. The number of nitrogens with zero attached hydrogens (tertiary/aromatic N) is 1. The van der Waals surface area contributed by atoms with Crippen molar-refractivity contribution >= 4 is 34.4 Å². The van der Waals surface area contributed by atoms with Crippen LogP contribution < -0.4 is 10.6 Å². The van der Waals surface area contributed by atoms with Crippen LogP contribution in [-0.4, -0.2) is 40.7 Å². The van der Waals surface area contributed by atoms with Crippen LogP contribution in [-0.2, 0) is 9.53 Å². The molecule has 1 saturated carbocycles. The van der Waals surface area contributed by atoms with Gasteiger partial charge in [-0.25, -0.2) is 9.78 Å². The van der Waals surface area contributed by atoms with Gasteiger partial charge in [-0.3, -0.25) is 14.9 Å². The van der Waals surface area contributed by atoms with Crippen LogP contribution in [0.1, 0.15) is 52.9 Å². The number of amides is 2. The largest absolute Gasteiger partial charge is 0.481 e. The summed E-state index contributed by atoms with van der Waals surface area (Å²) in [4.78, 5) is 41.2. The molecule has 0 radical (unpaired) electrons. The number of hydrogen-bond acceptors (Lipinski definition) is 6. The molecule has 8 nitrogen and oxygen atoms in total. The van der Waals surface area contributed by atoms with Crippen molar-refractivity contribution in [1.29, 1.82) is 0 Å². The van der Waals surface area contributed by atoms with Crippen LogP contribution in [0, 0.1) is 5.41 Å². The third-order valence-corrected chi connectivity index (χ3v) is 7.95. The molecule has 2 amide bonds. The van der Waals surface area contributed by atoms with Gasteiger partial charge >= 0.3 is 12.1 Å². The third kappa shape index (κ3) is 4.27. The van der Waals surface area contributed by atoms with Crippen molar-refractivity contribution < 1.29 is 24.2 Å². The molecular weight excluding hydrogens is 466 g/mol. The van der Waals surface area contributed by atoms with Gasteiger partial charge in [-0.15, -0.1) is 0 Å². The summed E-state index contributed by atoms with van der Waals surface area (Å²) in [6.07, 6.45) is 2.59. The molecule has 1 fully saturated rings. The van der Waals surface area contributed by atoms with Gasteiger partial charge in [-0.05, 0) is 42.0 Å². The fraction of sp³-hybridized carbons (Fsp3) is 0.308. The van der Waals surface area contributed by atoms with Crippen LogP contribution in [0.25, 0.3) is 11.1 Å². The van der Waals surface area contributed by atoms with E-state index in [1.165, 1.54) is 6.20 Å². The maximum absolute atomic E-state index is 12.7. The highest BCUT2D eigenvalue weighted by Gasteiger charge is 2.46. The molecule has 1 heterocycles. The predicted molar refractivity (Wildman–Crippen MR) is 132 cm³/mol. The van der Waals surface area contributed by atoms with Crippen molar-refractivity contribution in [2.24, 2.45) is 5.41 Å². The maximum atomic E-state index is 12.7. The second-order valence-corrected chi connectivity index (χ2v) is 10.2. The number of carboxylic acid groups (broad SMARTS) is 1. The molecule has 0 saturated heterocycles. The molecule has 2 unspecified atom stereocenters. The van der Waals surface area contributed by atoms with Crippen molar-refractivity contribution in [3.05, 3.63) is 70.7 Å². The van der Waals surface area contributed by atoms with E-state index in [9.17, 15) is 19.5 Å². The van der Waals surface area contributed by atoms with Gasteiger partial charge in [0.25, 0.3) is 5.91 Å². The van der Waals surface area contributed by atoms with Gasteiger partial charge in [0, 0.05) is 12.0 Å². The first-order chi connectivity index (χ1) is 16.9. The van der Waals surface area contributed by atoms with Crippen LogP contribution in [0.2, 0.25) is 0 Å². The van der Waals surface area contributed by atoms with Gasteiger partial charge in [0.05, 0.1) is 11.6 Å². The van der Waals surface area contributed by atoms with Crippen LogP contribution in [0.3, 0.4) is 0 Å². The van der Waals surface area contributed by atoms with Crippen molar-refractivity contribution in [2.75, 3.05) is 11.9 Å². The quantitative estimate of drug-likeness (QED) is 0.453. The first-order valence-corrected chi connectivity index (χ1v) is 12.3. The molecule has 2 aliphatic carbocycles. The zero-order valence-corrected chi connectivity index (χ0v) is 19.9. The maximum Gasteiger partial charge on any atom is 0.413 e. The average Bonchev–Trinajstić information content (AvgIpc) is 3.55. The number of benzene rings is 2. The molecule has 3 aromatic rings. The molecule has 1 aromatic heterocycles. The summed E-state index contributed by atoms with van der Waals surface area (Å²) in [5.74, 6) is -1.37. The highest BCUT2D eigenvalue weighted by Crippen LogP contribution is 2.44. The Balaban J connectivity index is 1.20. The number of rotatable bonds is 6. The molecule has 180 valence electrons. The molecule has 0 spiro atoms.